The zero-order valence-electron chi connectivity index (χ0n) is 14.3. The molecule has 3 heteroatoms. The maximum atomic E-state index is 13.0. The Morgan fingerprint density at radius 2 is 1.56 bits per heavy atom. The first kappa shape index (κ1) is 16.1. The molecule has 1 aliphatic rings. The van der Waals surface area contributed by atoms with E-state index in [4.69, 9.17) is 0 Å². The second-order valence-electron chi connectivity index (χ2n) is 6.78. The monoisotopic (exact) mass is 347 g/mol. The molecule has 126 valence electrons. The van der Waals surface area contributed by atoms with Crippen LogP contribution in [0, 0.1) is 0 Å². The molecule has 2 nitrogen and oxygen atoms in total. The number of carbonyl (C=O) groups excluding carboxylic acids is 1. The maximum absolute atomic E-state index is 13.0. The summed E-state index contributed by atoms with van der Waals surface area (Å²) >= 11 is 1.52. The van der Waals surface area contributed by atoms with Crippen molar-refractivity contribution in [3.05, 3.63) is 94.2 Å². The predicted molar refractivity (Wildman–Crippen MR) is 103 cm³/mol. The number of rotatable bonds is 3. The van der Waals surface area contributed by atoms with Crippen LogP contribution in [0.5, 0.6) is 0 Å². The second kappa shape index (κ2) is 6.49. The van der Waals surface area contributed by atoms with Crippen LogP contribution >= 0.6 is 11.3 Å². The van der Waals surface area contributed by atoms with E-state index in [0.717, 1.165) is 17.8 Å². The van der Waals surface area contributed by atoms with Crippen LogP contribution in [0.3, 0.4) is 0 Å². The molecule has 0 spiro atoms. The molecule has 25 heavy (non-hydrogen) atoms. The van der Waals surface area contributed by atoms with Crippen molar-refractivity contribution in [2.75, 3.05) is 6.54 Å². The first-order valence-corrected chi connectivity index (χ1v) is 9.54. The van der Waals surface area contributed by atoms with Crippen LogP contribution in [-0.2, 0) is 5.41 Å². The van der Waals surface area contributed by atoms with Crippen LogP contribution in [-0.4, -0.2) is 23.4 Å². The molecule has 1 atom stereocenters. The summed E-state index contributed by atoms with van der Waals surface area (Å²) in [6.45, 7) is 2.89. The Hall–Kier alpha value is -2.39. The first-order chi connectivity index (χ1) is 12.2. The minimum absolute atomic E-state index is 0.144. The fourth-order valence-electron chi connectivity index (χ4n) is 4.04. The standard InChI is InChI=1S/C22H21NOS/c1-17-15-22(18-9-4-2-5-10-18,19-11-6-3-7-12-19)16-23(17)21(24)20-13-8-14-25-20/h2-14,17H,15-16H2,1H3. The molecule has 4 rings (SSSR count). The third-order valence-corrected chi connectivity index (χ3v) is 6.12. The van der Waals surface area contributed by atoms with Crippen LogP contribution < -0.4 is 0 Å². The summed E-state index contributed by atoms with van der Waals surface area (Å²) in [7, 11) is 0. The fourth-order valence-corrected chi connectivity index (χ4v) is 4.72. The van der Waals surface area contributed by atoms with Gasteiger partial charge in [-0.15, -0.1) is 11.3 Å². The number of amides is 1. The number of hydrogen-bond donors (Lipinski definition) is 0. The second-order valence-corrected chi connectivity index (χ2v) is 7.73. The Labute approximate surface area is 152 Å². The lowest BCUT2D eigenvalue weighted by atomic mass is 9.73. The van der Waals surface area contributed by atoms with Crippen LogP contribution in [0.25, 0.3) is 0 Å². The molecule has 2 heterocycles. The summed E-state index contributed by atoms with van der Waals surface area (Å²) in [5.41, 5.74) is 2.43. The van der Waals surface area contributed by atoms with E-state index in [1.54, 1.807) is 0 Å². The highest BCUT2D eigenvalue weighted by Crippen LogP contribution is 2.44. The van der Waals surface area contributed by atoms with Crippen molar-refractivity contribution in [3.8, 4) is 0 Å². The molecule has 2 aromatic carbocycles. The summed E-state index contributed by atoms with van der Waals surface area (Å²) in [6, 6.07) is 25.3. The van der Waals surface area contributed by atoms with E-state index in [1.807, 2.05) is 22.4 Å². The van der Waals surface area contributed by atoms with Gasteiger partial charge >= 0.3 is 0 Å². The molecule has 1 aromatic heterocycles. The van der Waals surface area contributed by atoms with E-state index in [1.165, 1.54) is 22.5 Å². The van der Waals surface area contributed by atoms with Crippen molar-refractivity contribution in [2.24, 2.45) is 0 Å². The topological polar surface area (TPSA) is 20.3 Å². The molecule has 1 aliphatic heterocycles. The normalized spacial score (nSPS) is 19.1. The van der Waals surface area contributed by atoms with Crippen LogP contribution in [0.1, 0.15) is 34.1 Å². The summed E-state index contributed by atoms with van der Waals surface area (Å²) < 4.78 is 0. The van der Waals surface area contributed by atoms with Gasteiger partial charge in [-0.1, -0.05) is 66.7 Å². The molecule has 1 saturated heterocycles. The number of hydrogen-bond acceptors (Lipinski definition) is 2. The molecule has 3 aromatic rings. The Morgan fingerprint density at radius 1 is 0.960 bits per heavy atom. The third kappa shape index (κ3) is 2.79. The predicted octanol–water partition coefficient (Wildman–Crippen LogP) is 4.97. The van der Waals surface area contributed by atoms with Gasteiger partial charge in [-0.3, -0.25) is 4.79 Å². The third-order valence-electron chi connectivity index (χ3n) is 5.26. The van der Waals surface area contributed by atoms with Gasteiger partial charge < -0.3 is 4.90 Å². The zero-order chi connectivity index (χ0) is 17.3. The SMILES string of the molecule is CC1CC(c2ccccc2)(c2ccccc2)CN1C(=O)c1cccs1. The van der Waals surface area contributed by atoms with Crippen LogP contribution in [0.2, 0.25) is 0 Å². The highest BCUT2D eigenvalue weighted by molar-refractivity contribution is 7.12. The molecular formula is C22H21NOS. The van der Waals surface area contributed by atoms with E-state index in [9.17, 15) is 4.79 Å². The van der Waals surface area contributed by atoms with Crippen molar-refractivity contribution in [1.29, 1.82) is 0 Å². The molecule has 1 unspecified atom stereocenters. The minimum atomic E-state index is -0.144. The Morgan fingerprint density at radius 3 is 2.08 bits per heavy atom. The number of carbonyl (C=O) groups is 1. The zero-order valence-corrected chi connectivity index (χ0v) is 15.1. The Balaban J connectivity index is 1.77. The van der Waals surface area contributed by atoms with Gasteiger partial charge in [0, 0.05) is 18.0 Å². The van der Waals surface area contributed by atoms with Gasteiger partial charge in [-0.25, -0.2) is 0 Å². The lowest BCUT2D eigenvalue weighted by molar-refractivity contribution is 0.0747. The van der Waals surface area contributed by atoms with Crippen molar-refractivity contribution >= 4 is 17.2 Å². The average Bonchev–Trinajstić information content (AvgIpc) is 3.31. The number of thiophene rings is 1. The molecule has 1 amide bonds. The number of likely N-dealkylation sites (tertiary alicyclic amines) is 1. The quantitative estimate of drug-likeness (QED) is 0.655. The van der Waals surface area contributed by atoms with Crippen molar-refractivity contribution in [1.82, 2.24) is 4.90 Å². The van der Waals surface area contributed by atoms with E-state index in [2.05, 4.69) is 67.6 Å². The van der Waals surface area contributed by atoms with Gasteiger partial charge in [0.2, 0.25) is 0 Å². The van der Waals surface area contributed by atoms with Crippen LogP contribution in [0.15, 0.2) is 78.2 Å². The molecule has 0 N–H and O–H groups in total. The molecule has 0 aliphatic carbocycles. The van der Waals surface area contributed by atoms with Gasteiger partial charge in [-0.05, 0) is 35.9 Å². The van der Waals surface area contributed by atoms with E-state index in [-0.39, 0.29) is 17.4 Å². The van der Waals surface area contributed by atoms with Gasteiger partial charge in [0.05, 0.1) is 4.88 Å². The van der Waals surface area contributed by atoms with E-state index in [0.29, 0.717) is 0 Å². The van der Waals surface area contributed by atoms with Crippen LogP contribution in [0.4, 0.5) is 0 Å². The van der Waals surface area contributed by atoms with Gasteiger partial charge in [0.15, 0.2) is 0 Å². The Bertz CT molecular complexity index is 803. The summed E-state index contributed by atoms with van der Waals surface area (Å²) in [5, 5.41) is 1.97. The minimum Gasteiger partial charge on any atom is -0.334 e. The molecule has 1 fully saturated rings. The van der Waals surface area contributed by atoms with Crippen molar-refractivity contribution in [3.63, 3.8) is 0 Å². The summed E-state index contributed by atoms with van der Waals surface area (Å²) in [6.07, 6.45) is 0.943. The number of benzene rings is 2. The van der Waals surface area contributed by atoms with Gasteiger partial charge in [0.1, 0.15) is 0 Å². The first-order valence-electron chi connectivity index (χ1n) is 8.66. The molecular weight excluding hydrogens is 326 g/mol. The molecule has 0 radical (unpaired) electrons. The average molecular weight is 347 g/mol. The molecule has 0 saturated carbocycles. The van der Waals surface area contributed by atoms with E-state index >= 15 is 0 Å². The van der Waals surface area contributed by atoms with Gasteiger partial charge in [0.25, 0.3) is 5.91 Å². The fraction of sp³-hybridized carbons (Fsp3) is 0.227. The van der Waals surface area contributed by atoms with Gasteiger partial charge in [-0.2, -0.15) is 0 Å². The smallest absolute Gasteiger partial charge is 0.264 e. The highest BCUT2D eigenvalue weighted by Gasteiger charge is 2.46. The summed E-state index contributed by atoms with van der Waals surface area (Å²) in [4.78, 5) is 15.9. The Kier molecular flexibility index (Phi) is 4.18. The van der Waals surface area contributed by atoms with E-state index < -0.39 is 0 Å². The molecule has 0 bridgehead atoms. The number of nitrogens with zero attached hydrogens (tertiary/aromatic N) is 1. The summed E-state index contributed by atoms with van der Waals surface area (Å²) in [5.74, 6) is 0.149. The maximum Gasteiger partial charge on any atom is 0.264 e. The van der Waals surface area contributed by atoms with Crippen molar-refractivity contribution in [2.45, 2.75) is 24.8 Å². The largest absolute Gasteiger partial charge is 0.334 e. The highest BCUT2D eigenvalue weighted by atomic mass is 32.1. The van der Waals surface area contributed by atoms with Crippen molar-refractivity contribution < 1.29 is 4.79 Å². The lowest BCUT2D eigenvalue weighted by Gasteiger charge is -2.30. The lowest BCUT2D eigenvalue weighted by Crippen LogP contribution is -2.36.